The van der Waals surface area contributed by atoms with Crippen molar-refractivity contribution in [3.8, 4) is 0 Å². The van der Waals surface area contributed by atoms with Gasteiger partial charge in [0.2, 0.25) is 0 Å². The van der Waals surface area contributed by atoms with Gasteiger partial charge in [-0.1, -0.05) is 54.2 Å². The van der Waals surface area contributed by atoms with E-state index in [1.807, 2.05) is 17.8 Å². The van der Waals surface area contributed by atoms with Crippen molar-refractivity contribution in [2.45, 2.75) is 22.0 Å². The molecular formula is C16H16S2. The Kier molecular flexibility index (Phi) is 5.43. The highest BCUT2D eigenvalue weighted by Gasteiger charge is 1.99. The van der Waals surface area contributed by atoms with Crippen molar-refractivity contribution < 1.29 is 0 Å². The van der Waals surface area contributed by atoms with Crippen LogP contribution in [0.5, 0.6) is 0 Å². The molecule has 0 spiro atoms. The van der Waals surface area contributed by atoms with Gasteiger partial charge in [0.15, 0.2) is 0 Å². The smallest absolute Gasteiger partial charge is 0.0254 e. The lowest BCUT2D eigenvalue weighted by molar-refractivity contribution is 1.24. The van der Waals surface area contributed by atoms with Gasteiger partial charge in [-0.3, -0.25) is 0 Å². The molecule has 1 atom stereocenters. The third-order valence-corrected chi connectivity index (χ3v) is 4.27. The van der Waals surface area contributed by atoms with Crippen molar-refractivity contribution in [1.29, 1.82) is 0 Å². The Balaban J connectivity index is 1.82. The van der Waals surface area contributed by atoms with Gasteiger partial charge in [0, 0.05) is 15.0 Å². The zero-order valence-electron chi connectivity index (χ0n) is 10.3. The lowest BCUT2D eigenvalue weighted by Crippen LogP contribution is -1.88. The van der Waals surface area contributed by atoms with Crippen molar-refractivity contribution in [3.63, 3.8) is 0 Å². The van der Waals surface area contributed by atoms with E-state index in [1.165, 1.54) is 9.79 Å². The predicted molar refractivity (Wildman–Crippen MR) is 83.2 cm³/mol. The molecule has 0 aliphatic carbocycles. The number of benzene rings is 2. The fourth-order valence-corrected chi connectivity index (χ4v) is 3.27. The van der Waals surface area contributed by atoms with Crippen LogP contribution in [0.4, 0.5) is 0 Å². The van der Waals surface area contributed by atoms with Gasteiger partial charge in [-0.15, -0.1) is 11.8 Å². The summed E-state index contributed by atoms with van der Waals surface area (Å²) in [5, 5.41) is 2.67. The Morgan fingerprint density at radius 1 is 0.833 bits per heavy atom. The average Bonchev–Trinajstić information content (AvgIpc) is 2.41. The normalized spacial score (nSPS) is 12.7. The third kappa shape index (κ3) is 4.63. The number of hydrogen-bond acceptors (Lipinski definition) is 2. The van der Waals surface area contributed by atoms with Crippen molar-refractivity contribution in [2.75, 3.05) is 0 Å². The molecule has 0 saturated carbocycles. The van der Waals surface area contributed by atoms with Crippen LogP contribution in [0.15, 0.2) is 81.9 Å². The maximum Gasteiger partial charge on any atom is 0.0254 e. The first-order valence-electron chi connectivity index (χ1n) is 5.95. The fourth-order valence-electron chi connectivity index (χ4n) is 1.48. The second-order valence-electron chi connectivity index (χ2n) is 3.90. The summed E-state index contributed by atoms with van der Waals surface area (Å²) in [5.74, 6) is 0. The Bertz CT molecular complexity index is 477. The van der Waals surface area contributed by atoms with Gasteiger partial charge in [0.05, 0.1) is 0 Å². The standard InChI is InChI=1S/C16H16S2/c1-14(18-16-10-6-3-7-11-16)12-13-17-15-8-4-2-5-9-15/h2-14H,1H3/b13-12+. The van der Waals surface area contributed by atoms with Crippen LogP contribution in [0.2, 0.25) is 0 Å². The van der Waals surface area contributed by atoms with Crippen LogP contribution in [0.3, 0.4) is 0 Å². The monoisotopic (exact) mass is 272 g/mol. The summed E-state index contributed by atoms with van der Waals surface area (Å²) >= 11 is 3.64. The van der Waals surface area contributed by atoms with Gasteiger partial charge < -0.3 is 0 Å². The maximum atomic E-state index is 2.25. The molecule has 2 heteroatoms. The number of hydrogen-bond donors (Lipinski definition) is 0. The van der Waals surface area contributed by atoms with Gasteiger partial charge in [0.1, 0.15) is 0 Å². The molecule has 0 radical (unpaired) electrons. The van der Waals surface area contributed by atoms with E-state index in [2.05, 4.69) is 73.0 Å². The summed E-state index contributed by atoms with van der Waals surface area (Å²) < 4.78 is 0. The molecule has 0 amide bonds. The molecule has 1 unspecified atom stereocenters. The van der Waals surface area contributed by atoms with E-state index in [4.69, 9.17) is 0 Å². The highest BCUT2D eigenvalue weighted by molar-refractivity contribution is 8.02. The highest BCUT2D eigenvalue weighted by atomic mass is 32.2. The maximum absolute atomic E-state index is 2.25. The van der Waals surface area contributed by atoms with E-state index in [1.54, 1.807) is 11.8 Å². The minimum atomic E-state index is 0.489. The summed E-state index contributed by atoms with van der Waals surface area (Å²) in [4.78, 5) is 2.60. The average molecular weight is 272 g/mol. The first kappa shape index (κ1) is 13.3. The largest absolute Gasteiger partial charge is 0.119 e. The van der Waals surface area contributed by atoms with E-state index in [9.17, 15) is 0 Å². The molecule has 0 aliphatic heterocycles. The summed E-state index contributed by atoms with van der Waals surface area (Å²) in [6, 6.07) is 21.0. The Morgan fingerprint density at radius 3 is 2.00 bits per heavy atom. The molecule has 0 heterocycles. The van der Waals surface area contributed by atoms with E-state index >= 15 is 0 Å². The Morgan fingerprint density at radius 2 is 1.39 bits per heavy atom. The summed E-state index contributed by atoms with van der Waals surface area (Å²) in [7, 11) is 0. The Hall–Kier alpha value is -1.12. The van der Waals surface area contributed by atoms with Crippen molar-refractivity contribution in [1.82, 2.24) is 0 Å². The van der Waals surface area contributed by atoms with Crippen LogP contribution in [-0.2, 0) is 0 Å². The Labute approximate surface area is 118 Å². The fraction of sp³-hybridized carbons (Fsp3) is 0.125. The molecule has 0 aliphatic rings. The molecule has 0 aromatic heterocycles. The molecule has 2 aromatic rings. The SMILES string of the molecule is CC(/C=C/Sc1ccccc1)Sc1ccccc1. The molecular weight excluding hydrogens is 256 g/mol. The molecule has 18 heavy (non-hydrogen) atoms. The molecule has 0 fully saturated rings. The minimum absolute atomic E-state index is 0.489. The number of thioether (sulfide) groups is 2. The lowest BCUT2D eigenvalue weighted by atomic mass is 10.4. The minimum Gasteiger partial charge on any atom is -0.119 e. The molecule has 0 N–H and O–H groups in total. The molecule has 0 saturated heterocycles. The topological polar surface area (TPSA) is 0 Å². The van der Waals surface area contributed by atoms with Crippen LogP contribution in [0.25, 0.3) is 0 Å². The lowest BCUT2D eigenvalue weighted by Gasteiger charge is -2.05. The van der Waals surface area contributed by atoms with E-state index < -0.39 is 0 Å². The van der Waals surface area contributed by atoms with Crippen molar-refractivity contribution >= 4 is 23.5 Å². The highest BCUT2D eigenvalue weighted by Crippen LogP contribution is 2.25. The molecule has 2 rings (SSSR count). The van der Waals surface area contributed by atoms with Gasteiger partial charge in [-0.25, -0.2) is 0 Å². The van der Waals surface area contributed by atoms with Gasteiger partial charge in [0.25, 0.3) is 0 Å². The first-order chi connectivity index (χ1) is 8.84. The van der Waals surface area contributed by atoms with Gasteiger partial charge >= 0.3 is 0 Å². The molecule has 0 bridgehead atoms. The van der Waals surface area contributed by atoms with Crippen LogP contribution >= 0.6 is 23.5 Å². The van der Waals surface area contributed by atoms with Gasteiger partial charge in [-0.2, -0.15) is 0 Å². The molecule has 92 valence electrons. The predicted octanol–water partition coefficient (Wildman–Crippen LogP) is 5.47. The van der Waals surface area contributed by atoms with Crippen LogP contribution in [0.1, 0.15) is 6.92 Å². The summed E-state index contributed by atoms with van der Waals surface area (Å²) in [6.45, 7) is 2.22. The quantitative estimate of drug-likeness (QED) is 0.662. The second-order valence-corrected chi connectivity index (χ2v) is 6.33. The number of rotatable bonds is 5. The molecule has 2 aromatic carbocycles. The van der Waals surface area contributed by atoms with Crippen molar-refractivity contribution in [2.24, 2.45) is 0 Å². The van der Waals surface area contributed by atoms with E-state index in [-0.39, 0.29) is 0 Å². The third-order valence-electron chi connectivity index (χ3n) is 2.36. The summed E-state index contributed by atoms with van der Waals surface area (Å²) in [6.07, 6.45) is 2.25. The van der Waals surface area contributed by atoms with Gasteiger partial charge in [-0.05, 0) is 36.6 Å². The van der Waals surface area contributed by atoms with E-state index in [0.29, 0.717) is 5.25 Å². The van der Waals surface area contributed by atoms with Crippen LogP contribution < -0.4 is 0 Å². The molecule has 0 nitrogen and oxygen atoms in total. The summed E-state index contributed by atoms with van der Waals surface area (Å²) in [5.41, 5.74) is 0. The van der Waals surface area contributed by atoms with E-state index in [0.717, 1.165) is 0 Å². The van der Waals surface area contributed by atoms with Crippen LogP contribution in [0, 0.1) is 0 Å². The zero-order valence-corrected chi connectivity index (χ0v) is 12.0. The second kappa shape index (κ2) is 7.34. The first-order valence-corrected chi connectivity index (χ1v) is 7.70. The zero-order chi connectivity index (χ0) is 12.6. The van der Waals surface area contributed by atoms with Crippen molar-refractivity contribution in [3.05, 3.63) is 72.1 Å². The van der Waals surface area contributed by atoms with Crippen LogP contribution in [-0.4, -0.2) is 5.25 Å².